The summed E-state index contributed by atoms with van der Waals surface area (Å²) < 4.78 is 30.4. The molecule has 2 aliphatic rings. The Morgan fingerprint density at radius 1 is 1.35 bits per heavy atom. The standard InChI is InChI=1S/C10H18N2O4S/c1-9(2,3)16-8(13)12-6-10(7-12)4-5-17(14,15)11-10/h11H,4-7H2,1-3H3. The average molecular weight is 262 g/mol. The maximum absolute atomic E-state index is 11.7. The van der Waals surface area contributed by atoms with E-state index in [1.54, 1.807) is 20.8 Å². The van der Waals surface area contributed by atoms with Crippen LogP contribution in [0.4, 0.5) is 4.79 Å². The maximum atomic E-state index is 11.7. The predicted molar refractivity (Wildman–Crippen MR) is 62.1 cm³/mol. The fraction of sp³-hybridized carbons (Fsp3) is 0.900. The van der Waals surface area contributed by atoms with Crippen LogP contribution in [0.2, 0.25) is 0 Å². The number of carbonyl (C=O) groups excluding carboxylic acids is 1. The lowest BCUT2D eigenvalue weighted by atomic mass is 9.89. The molecule has 0 aliphatic carbocycles. The summed E-state index contributed by atoms with van der Waals surface area (Å²) in [5.74, 6) is 0.148. The number of likely N-dealkylation sites (tertiary alicyclic amines) is 1. The first kappa shape index (κ1) is 12.6. The number of nitrogens with one attached hydrogen (secondary N) is 1. The van der Waals surface area contributed by atoms with E-state index in [2.05, 4.69) is 4.72 Å². The van der Waals surface area contributed by atoms with Crippen LogP contribution in [0.5, 0.6) is 0 Å². The zero-order valence-corrected chi connectivity index (χ0v) is 11.1. The monoisotopic (exact) mass is 262 g/mol. The van der Waals surface area contributed by atoms with Gasteiger partial charge in [0.1, 0.15) is 5.60 Å². The number of carbonyl (C=O) groups is 1. The van der Waals surface area contributed by atoms with Gasteiger partial charge in [0.05, 0.1) is 11.3 Å². The highest BCUT2D eigenvalue weighted by Crippen LogP contribution is 2.31. The highest BCUT2D eigenvalue weighted by molar-refractivity contribution is 7.89. The summed E-state index contributed by atoms with van der Waals surface area (Å²) in [4.78, 5) is 13.2. The highest BCUT2D eigenvalue weighted by atomic mass is 32.2. The van der Waals surface area contributed by atoms with Crippen LogP contribution in [0.15, 0.2) is 0 Å². The number of nitrogens with zero attached hydrogens (tertiary/aromatic N) is 1. The molecule has 7 heteroatoms. The summed E-state index contributed by atoms with van der Waals surface area (Å²) in [5.41, 5.74) is -0.954. The Balaban J connectivity index is 1.89. The zero-order valence-electron chi connectivity index (χ0n) is 10.3. The second-order valence-electron chi connectivity index (χ2n) is 5.79. The molecule has 0 aromatic rings. The molecule has 6 nitrogen and oxygen atoms in total. The van der Waals surface area contributed by atoms with E-state index in [1.165, 1.54) is 4.90 Å². The fourth-order valence-corrected chi connectivity index (χ4v) is 3.78. The van der Waals surface area contributed by atoms with Crippen molar-refractivity contribution in [2.24, 2.45) is 0 Å². The Morgan fingerprint density at radius 2 is 1.94 bits per heavy atom. The molecule has 2 fully saturated rings. The summed E-state index contributed by atoms with van der Waals surface area (Å²) in [6.07, 6.45) is 0.184. The van der Waals surface area contributed by atoms with Crippen LogP contribution in [0.1, 0.15) is 27.2 Å². The molecule has 0 aromatic heterocycles. The first-order chi connectivity index (χ1) is 7.61. The van der Waals surface area contributed by atoms with Gasteiger partial charge in [-0.25, -0.2) is 17.9 Å². The molecule has 98 valence electrons. The summed E-state index contributed by atoms with van der Waals surface area (Å²) in [6, 6.07) is 0. The van der Waals surface area contributed by atoms with E-state index < -0.39 is 21.2 Å². The number of amides is 1. The van der Waals surface area contributed by atoms with Crippen molar-refractivity contribution in [2.75, 3.05) is 18.8 Å². The van der Waals surface area contributed by atoms with Gasteiger partial charge in [0, 0.05) is 13.1 Å². The van der Waals surface area contributed by atoms with Crippen molar-refractivity contribution in [1.29, 1.82) is 0 Å². The lowest BCUT2D eigenvalue weighted by molar-refractivity contribution is -0.0102. The Labute approximate surface area is 101 Å². The number of hydrogen-bond acceptors (Lipinski definition) is 4. The van der Waals surface area contributed by atoms with Gasteiger partial charge in [-0.05, 0) is 27.2 Å². The summed E-state index contributed by atoms with van der Waals surface area (Å²) in [7, 11) is -3.13. The van der Waals surface area contributed by atoms with Gasteiger partial charge in [-0.1, -0.05) is 0 Å². The van der Waals surface area contributed by atoms with E-state index in [4.69, 9.17) is 4.74 Å². The van der Waals surface area contributed by atoms with Crippen molar-refractivity contribution in [1.82, 2.24) is 9.62 Å². The van der Waals surface area contributed by atoms with Gasteiger partial charge in [0.15, 0.2) is 0 Å². The van der Waals surface area contributed by atoms with Crippen LogP contribution in [-0.4, -0.2) is 49.4 Å². The van der Waals surface area contributed by atoms with Crippen LogP contribution in [-0.2, 0) is 14.8 Å². The zero-order chi connectivity index (χ0) is 12.9. The SMILES string of the molecule is CC(C)(C)OC(=O)N1CC2(CCS(=O)(=O)N2)C1. The Bertz CT molecular complexity index is 432. The van der Waals surface area contributed by atoms with Crippen LogP contribution >= 0.6 is 0 Å². The highest BCUT2D eigenvalue weighted by Gasteiger charge is 2.52. The number of ether oxygens (including phenoxy) is 1. The molecule has 2 rings (SSSR count). The van der Waals surface area contributed by atoms with Crippen LogP contribution < -0.4 is 4.72 Å². The van der Waals surface area contributed by atoms with Crippen LogP contribution in [0, 0.1) is 0 Å². The fourth-order valence-electron chi connectivity index (χ4n) is 2.12. The molecule has 1 spiro atoms. The van der Waals surface area contributed by atoms with E-state index in [9.17, 15) is 13.2 Å². The Hall–Kier alpha value is -0.820. The van der Waals surface area contributed by atoms with E-state index in [0.717, 1.165) is 0 Å². The second-order valence-corrected chi connectivity index (χ2v) is 7.63. The maximum Gasteiger partial charge on any atom is 0.410 e. The smallest absolute Gasteiger partial charge is 0.410 e. The van der Waals surface area contributed by atoms with Gasteiger partial charge in [0.2, 0.25) is 10.0 Å². The minimum atomic E-state index is -3.13. The molecule has 1 amide bonds. The number of rotatable bonds is 0. The first-order valence-electron chi connectivity index (χ1n) is 5.61. The first-order valence-corrected chi connectivity index (χ1v) is 7.26. The number of hydrogen-bond donors (Lipinski definition) is 1. The second kappa shape index (κ2) is 3.58. The van der Waals surface area contributed by atoms with E-state index in [0.29, 0.717) is 19.5 Å². The topological polar surface area (TPSA) is 75.7 Å². The molecular formula is C10H18N2O4S. The Morgan fingerprint density at radius 3 is 2.35 bits per heavy atom. The molecule has 17 heavy (non-hydrogen) atoms. The molecule has 0 aromatic carbocycles. The lowest BCUT2D eigenvalue weighted by Crippen LogP contribution is -2.68. The summed E-state index contributed by atoms with van der Waals surface area (Å²) >= 11 is 0. The van der Waals surface area contributed by atoms with Crippen molar-refractivity contribution in [2.45, 2.75) is 38.3 Å². The molecule has 0 radical (unpaired) electrons. The minimum Gasteiger partial charge on any atom is -0.444 e. The minimum absolute atomic E-state index is 0.148. The van der Waals surface area contributed by atoms with E-state index in [1.807, 2.05) is 0 Å². The molecule has 0 unspecified atom stereocenters. The summed E-state index contributed by atoms with van der Waals surface area (Å²) in [5, 5.41) is 0. The van der Waals surface area contributed by atoms with Gasteiger partial charge >= 0.3 is 6.09 Å². The Kier molecular flexibility index (Phi) is 2.66. The van der Waals surface area contributed by atoms with Crippen molar-refractivity contribution in [3.8, 4) is 0 Å². The van der Waals surface area contributed by atoms with Crippen molar-refractivity contribution in [3.05, 3.63) is 0 Å². The van der Waals surface area contributed by atoms with Crippen LogP contribution in [0.3, 0.4) is 0 Å². The van der Waals surface area contributed by atoms with Gasteiger partial charge < -0.3 is 9.64 Å². The molecule has 0 atom stereocenters. The summed E-state index contributed by atoms with van der Waals surface area (Å²) in [6.45, 7) is 6.22. The molecule has 2 saturated heterocycles. The van der Waals surface area contributed by atoms with E-state index in [-0.39, 0.29) is 11.8 Å². The van der Waals surface area contributed by atoms with Crippen LogP contribution in [0.25, 0.3) is 0 Å². The van der Waals surface area contributed by atoms with Crippen molar-refractivity contribution in [3.63, 3.8) is 0 Å². The third-order valence-electron chi connectivity index (χ3n) is 2.86. The molecular weight excluding hydrogens is 244 g/mol. The average Bonchev–Trinajstić information content (AvgIpc) is 2.36. The molecule has 0 bridgehead atoms. The molecule has 2 aliphatic heterocycles. The van der Waals surface area contributed by atoms with Gasteiger partial charge in [-0.2, -0.15) is 0 Å². The molecule has 0 saturated carbocycles. The lowest BCUT2D eigenvalue weighted by Gasteiger charge is -2.46. The van der Waals surface area contributed by atoms with Gasteiger partial charge in [-0.3, -0.25) is 0 Å². The van der Waals surface area contributed by atoms with Crippen molar-refractivity contribution >= 4 is 16.1 Å². The quantitative estimate of drug-likeness (QED) is 0.681. The number of sulfonamides is 1. The molecule has 2 heterocycles. The predicted octanol–water partition coefficient (Wildman–Crippen LogP) is 0.299. The van der Waals surface area contributed by atoms with Gasteiger partial charge in [0.25, 0.3) is 0 Å². The third kappa shape index (κ3) is 2.71. The third-order valence-corrected chi connectivity index (χ3v) is 4.35. The largest absolute Gasteiger partial charge is 0.444 e. The van der Waals surface area contributed by atoms with Crippen molar-refractivity contribution < 1.29 is 17.9 Å². The normalized spacial score (nSPS) is 25.7. The van der Waals surface area contributed by atoms with Gasteiger partial charge in [-0.15, -0.1) is 0 Å². The molecule has 1 N–H and O–H groups in total. The van der Waals surface area contributed by atoms with E-state index >= 15 is 0 Å².